The van der Waals surface area contributed by atoms with Crippen molar-refractivity contribution in [1.29, 1.82) is 0 Å². The molecule has 0 N–H and O–H groups in total. The summed E-state index contributed by atoms with van der Waals surface area (Å²) in [6.07, 6.45) is -3.19. The van der Waals surface area contributed by atoms with Gasteiger partial charge in [0.15, 0.2) is 11.3 Å². The highest BCUT2D eigenvalue weighted by molar-refractivity contribution is 9.10. The predicted octanol–water partition coefficient (Wildman–Crippen LogP) is 4.18. The SMILES string of the molecule is FC(F)(F)c1cc(-c2ccc(Br)cc2)nc2ccnn12. The van der Waals surface area contributed by atoms with Gasteiger partial charge in [-0.3, -0.25) is 0 Å². The number of hydrogen-bond donors (Lipinski definition) is 0. The van der Waals surface area contributed by atoms with Crippen LogP contribution in [0.25, 0.3) is 16.9 Å². The number of hydrogen-bond acceptors (Lipinski definition) is 2. The Kier molecular flexibility index (Phi) is 3.01. The molecule has 102 valence electrons. The average molecular weight is 342 g/mol. The maximum Gasteiger partial charge on any atom is 0.433 e. The van der Waals surface area contributed by atoms with Crippen LogP contribution in [-0.2, 0) is 6.18 Å². The molecule has 7 heteroatoms. The molecule has 20 heavy (non-hydrogen) atoms. The van der Waals surface area contributed by atoms with E-state index in [0.717, 1.165) is 15.1 Å². The molecule has 2 aromatic heterocycles. The van der Waals surface area contributed by atoms with E-state index in [9.17, 15) is 13.2 Å². The van der Waals surface area contributed by atoms with Gasteiger partial charge in [0.2, 0.25) is 0 Å². The van der Waals surface area contributed by atoms with Gasteiger partial charge in [0.1, 0.15) is 0 Å². The predicted molar refractivity (Wildman–Crippen MR) is 71.1 cm³/mol. The van der Waals surface area contributed by atoms with Gasteiger partial charge >= 0.3 is 6.18 Å². The molecular weight excluding hydrogens is 335 g/mol. The normalized spacial score (nSPS) is 12.0. The van der Waals surface area contributed by atoms with Crippen LogP contribution in [0.4, 0.5) is 13.2 Å². The van der Waals surface area contributed by atoms with Gasteiger partial charge in [-0.25, -0.2) is 9.50 Å². The lowest BCUT2D eigenvalue weighted by Crippen LogP contribution is -2.13. The van der Waals surface area contributed by atoms with Gasteiger partial charge in [-0.1, -0.05) is 28.1 Å². The number of rotatable bonds is 1. The Morgan fingerprint density at radius 1 is 1.05 bits per heavy atom. The first-order valence-corrected chi connectivity index (χ1v) is 6.42. The van der Waals surface area contributed by atoms with E-state index >= 15 is 0 Å². The smallest absolute Gasteiger partial charge is 0.229 e. The van der Waals surface area contributed by atoms with E-state index in [1.165, 1.54) is 12.3 Å². The molecule has 0 saturated heterocycles. The topological polar surface area (TPSA) is 30.2 Å². The van der Waals surface area contributed by atoms with Gasteiger partial charge in [0.05, 0.1) is 11.9 Å². The second-order valence-corrected chi connectivity index (χ2v) is 5.05. The number of alkyl halides is 3. The van der Waals surface area contributed by atoms with Crippen LogP contribution in [0.2, 0.25) is 0 Å². The van der Waals surface area contributed by atoms with E-state index < -0.39 is 11.9 Å². The monoisotopic (exact) mass is 341 g/mol. The molecule has 0 unspecified atom stereocenters. The fourth-order valence-electron chi connectivity index (χ4n) is 1.88. The lowest BCUT2D eigenvalue weighted by Gasteiger charge is -2.11. The van der Waals surface area contributed by atoms with E-state index in [1.54, 1.807) is 24.3 Å². The van der Waals surface area contributed by atoms with E-state index in [4.69, 9.17) is 0 Å². The van der Waals surface area contributed by atoms with Crippen molar-refractivity contribution in [3.05, 3.63) is 52.8 Å². The molecule has 0 fully saturated rings. The molecule has 0 aliphatic heterocycles. The first kappa shape index (κ1) is 13.1. The van der Waals surface area contributed by atoms with Crippen molar-refractivity contribution >= 4 is 21.6 Å². The number of fused-ring (bicyclic) bond motifs is 1. The van der Waals surface area contributed by atoms with Crippen LogP contribution < -0.4 is 0 Å². The first-order valence-electron chi connectivity index (χ1n) is 5.63. The fraction of sp³-hybridized carbons (Fsp3) is 0.0769. The molecule has 1 aromatic carbocycles. The van der Waals surface area contributed by atoms with Crippen LogP contribution in [-0.4, -0.2) is 14.6 Å². The van der Waals surface area contributed by atoms with Gasteiger partial charge < -0.3 is 0 Å². The largest absolute Gasteiger partial charge is 0.433 e. The summed E-state index contributed by atoms with van der Waals surface area (Å²) in [5, 5.41) is 3.66. The minimum absolute atomic E-state index is 0.165. The van der Waals surface area contributed by atoms with Crippen LogP contribution in [0.15, 0.2) is 47.1 Å². The molecule has 3 rings (SSSR count). The molecule has 0 spiro atoms. The van der Waals surface area contributed by atoms with Crippen LogP contribution in [0, 0.1) is 0 Å². The zero-order valence-electron chi connectivity index (χ0n) is 9.89. The third-order valence-electron chi connectivity index (χ3n) is 2.79. The van der Waals surface area contributed by atoms with Crippen LogP contribution in [0.1, 0.15) is 5.69 Å². The molecule has 0 atom stereocenters. The van der Waals surface area contributed by atoms with Crippen molar-refractivity contribution in [1.82, 2.24) is 14.6 Å². The number of aromatic nitrogens is 3. The first-order chi connectivity index (χ1) is 9.45. The Balaban J connectivity index is 2.24. The zero-order valence-corrected chi connectivity index (χ0v) is 11.5. The van der Waals surface area contributed by atoms with Gasteiger partial charge in [-0.2, -0.15) is 18.3 Å². The van der Waals surface area contributed by atoms with Crippen molar-refractivity contribution in [3.63, 3.8) is 0 Å². The highest BCUT2D eigenvalue weighted by atomic mass is 79.9. The molecule has 0 bridgehead atoms. The molecule has 0 saturated carbocycles. The molecule has 2 heterocycles. The number of nitrogens with zero attached hydrogens (tertiary/aromatic N) is 3. The maximum atomic E-state index is 13.1. The summed E-state index contributed by atoms with van der Waals surface area (Å²) in [7, 11) is 0. The molecular formula is C13H7BrF3N3. The Labute approximate surface area is 120 Å². The third kappa shape index (κ3) is 2.29. The Bertz CT molecular complexity index is 763. The summed E-state index contributed by atoms with van der Waals surface area (Å²) in [4.78, 5) is 4.19. The average Bonchev–Trinajstić information content (AvgIpc) is 2.85. The lowest BCUT2D eigenvalue weighted by molar-refractivity contribution is -0.142. The number of benzene rings is 1. The maximum absolute atomic E-state index is 13.1. The van der Waals surface area contributed by atoms with Gasteiger partial charge in [0.25, 0.3) is 0 Å². The minimum atomic E-state index is -4.49. The zero-order chi connectivity index (χ0) is 14.3. The Morgan fingerprint density at radius 2 is 1.75 bits per heavy atom. The Morgan fingerprint density at radius 3 is 2.40 bits per heavy atom. The van der Waals surface area contributed by atoms with Crippen LogP contribution in [0.3, 0.4) is 0 Å². The summed E-state index contributed by atoms with van der Waals surface area (Å²) in [6.45, 7) is 0. The highest BCUT2D eigenvalue weighted by Crippen LogP contribution is 2.32. The highest BCUT2D eigenvalue weighted by Gasteiger charge is 2.35. The van der Waals surface area contributed by atoms with Crippen molar-refractivity contribution in [3.8, 4) is 11.3 Å². The van der Waals surface area contributed by atoms with Gasteiger partial charge in [-0.15, -0.1) is 0 Å². The van der Waals surface area contributed by atoms with Crippen LogP contribution >= 0.6 is 15.9 Å². The van der Waals surface area contributed by atoms with Gasteiger partial charge in [-0.05, 0) is 18.2 Å². The van der Waals surface area contributed by atoms with E-state index in [-0.39, 0.29) is 11.3 Å². The Hall–Kier alpha value is -1.89. The molecule has 0 amide bonds. The van der Waals surface area contributed by atoms with E-state index in [1.807, 2.05) is 0 Å². The summed E-state index contributed by atoms with van der Waals surface area (Å²) >= 11 is 3.28. The van der Waals surface area contributed by atoms with Crippen molar-refractivity contribution in [2.75, 3.05) is 0 Å². The van der Waals surface area contributed by atoms with Gasteiger partial charge in [0, 0.05) is 16.1 Å². The minimum Gasteiger partial charge on any atom is -0.229 e. The van der Waals surface area contributed by atoms with E-state index in [0.29, 0.717) is 5.56 Å². The molecule has 0 aliphatic rings. The van der Waals surface area contributed by atoms with Crippen molar-refractivity contribution in [2.45, 2.75) is 6.18 Å². The summed E-state index contributed by atoms with van der Waals surface area (Å²) in [5.74, 6) is 0. The molecule has 0 radical (unpaired) electrons. The third-order valence-corrected chi connectivity index (χ3v) is 3.32. The standard InChI is InChI=1S/C13H7BrF3N3/c14-9-3-1-8(2-4-9)10-7-11(13(15,16)17)20-12(19-10)5-6-18-20/h1-7H. The summed E-state index contributed by atoms with van der Waals surface area (Å²) < 4.78 is 40.8. The lowest BCUT2D eigenvalue weighted by atomic mass is 10.1. The summed E-state index contributed by atoms with van der Waals surface area (Å²) in [5.41, 5.74) is 0.198. The fourth-order valence-corrected chi connectivity index (χ4v) is 2.15. The second kappa shape index (κ2) is 4.59. The number of halogens is 4. The quantitative estimate of drug-likeness (QED) is 0.664. The molecule has 3 aromatic rings. The van der Waals surface area contributed by atoms with Crippen molar-refractivity contribution in [2.24, 2.45) is 0 Å². The molecule has 3 nitrogen and oxygen atoms in total. The van der Waals surface area contributed by atoms with Crippen LogP contribution in [0.5, 0.6) is 0 Å². The molecule has 0 aliphatic carbocycles. The summed E-state index contributed by atoms with van der Waals surface area (Å²) in [6, 6.07) is 9.37. The second-order valence-electron chi connectivity index (χ2n) is 4.13. The van der Waals surface area contributed by atoms with Crippen molar-refractivity contribution < 1.29 is 13.2 Å². The van der Waals surface area contributed by atoms with E-state index in [2.05, 4.69) is 26.0 Å².